The van der Waals surface area contributed by atoms with Crippen molar-refractivity contribution in [3.8, 4) is 0 Å². The van der Waals surface area contributed by atoms with Crippen LogP contribution in [0.2, 0.25) is 0 Å². The molecule has 1 N–H and O–H groups in total. The van der Waals surface area contributed by atoms with Gasteiger partial charge in [-0.15, -0.1) is 0 Å². The number of rotatable bonds is 4. The Kier molecular flexibility index (Phi) is 5.53. The maximum atomic E-state index is 3.83. The molecule has 0 atom stereocenters. The van der Waals surface area contributed by atoms with Gasteiger partial charge in [-0.1, -0.05) is 19.9 Å². The second kappa shape index (κ2) is 5.96. The minimum absolute atomic E-state index is 0.727. The zero-order chi connectivity index (χ0) is 8.69. The quantitative estimate of drug-likeness (QED) is 0.487. The normalized spacial score (nSPS) is 13.0. The molecule has 11 heavy (non-hydrogen) atoms. The molecule has 0 aliphatic heterocycles. The van der Waals surface area contributed by atoms with Gasteiger partial charge < -0.3 is 5.32 Å². The fourth-order valence-electron chi connectivity index (χ4n) is 0.638. The Bertz CT molecular complexity index is 146. The van der Waals surface area contributed by atoms with Gasteiger partial charge in [0.1, 0.15) is 0 Å². The minimum Gasteiger partial charge on any atom is -0.351 e. The van der Waals surface area contributed by atoms with Crippen LogP contribution in [-0.4, -0.2) is 13.4 Å². The summed E-state index contributed by atoms with van der Waals surface area (Å²) in [5, 5.41) is 3.06. The van der Waals surface area contributed by atoms with Crippen LogP contribution in [0.1, 0.15) is 27.2 Å². The largest absolute Gasteiger partial charge is 0.351 e. The van der Waals surface area contributed by atoms with Gasteiger partial charge in [0, 0.05) is 12.7 Å². The van der Waals surface area contributed by atoms with Crippen LogP contribution < -0.4 is 5.32 Å². The summed E-state index contributed by atoms with van der Waals surface area (Å²) in [6.45, 7) is 6.46. The molecule has 0 fully saturated rings. The molecule has 0 amide bonds. The zero-order valence-corrected chi connectivity index (χ0v) is 7.89. The second-order valence-electron chi connectivity index (χ2n) is 3.05. The van der Waals surface area contributed by atoms with E-state index in [0.29, 0.717) is 0 Å². The summed E-state index contributed by atoms with van der Waals surface area (Å²) < 4.78 is 0. The third-order valence-electron chi connectivity index (χ3n) is 1.32. The topological polar surface area (TPSA) is 24.4 Å². The molecule has 0 radical (unpaired) electrons. The first-order chi connectivity index (χ1) is 5.16. The highest BCUT2D eigenvalue weighted by Gasteiger charge is 1.89. The summed E-state index contributed by atoms with van der Waals surface area (Å²) in [5.41, 5.74) is 1.17. The van der Waals surface area contributed by atoms with E-state index in [9.17, 15) is 0 Å². The van der Waals surface area contributed by atoms with Crippen LogP contribution in [0.25, 0.3) is 0 Å². The Morgan fingerprint density at radius 3 is 2.64 bits per heavy atom. The number of allylic oxidation sites excluding steroid dienone is 2. The first-order valence-electron chi connectivity index (χ1n) is 4.00. The monoisotopic (exact) mass is 154 g/mol. The standard InChI is InChI=1S/C9H18N2/c1-8(2)5-6-9(3)11-7-10-4/h6-8H,5H2,1-4H3,(H,10,11)/b9-6-. The lowest BCUT2D eigenvalue weighted by Gasteiger charge is -2.01. The van der Waals surface area contributed by atoms with E-state index in [-0.39, 0.29) is 0 Å². The van der Waals surface area contributed by atoms with Gasteiger partial charge in [-0.3, -0.25) is 4.99 Å². The highest BCUT2D eigenvalue weighted by molar-refractivity contribution is 5.56. The number of nitrogens with one attached hydrogen (secondary N) is 1. The molecule has 0 aromatic carbocycles. The predicted octanol–water partition coefficient (Wildman–Crippen LogP) is 2.18. The summed E-state index contributed by atoms with van der Waals surface area (Å²) in [5.74, 6) is 0.727. The van der Waals surface area contributed by atoms with Crippen molar-refractivity contribution in [2.75, 3.05) is 7.05 Å². The van der Waals surface area contributed by atoms with Crippen molar-refractivity contribution < 1.29 is 0 Å². The van der Waals surface area contributed by atoms with E-state index in [1.54, 1.807) is 13.4 Å². The number of hydrogen-bond acceptors (Lipinski definition) is 1. The Hall–Kier alpha value is -0.790. The summed E-state index contributed by atoms with van der Waals surface area (Å²) in [6.07, 6.45) is 5.01. The van der Waals surface area contributed by atoms with Gasteiger partial charge in [0.25, 0.3) is 0 Å². The van der Waals surface area contributed by atoms with Crippen LogP contribution in [0.4, 0.5) is 0 Å². The molecule has 0 spiro atoms. The summed E-state index contributed by atoms with van der Waals surface area (Å²) in [4.78, 5) is 3.83. The number of aliphatic imine (C=N–C) groups is 1. The van der Waals surface area contributed by atoms with Gasteiger partial charge in [-0.05, 0) is 19.3 Å². The van der Waals surface area contributed by atoms with Crippen LogP contribution in [0.3, 0.4) is 0 Å². The number of hydrogen-bond donors (Lipinski definition) is 1. The summed E-state index contributed by atoms with van der Waals surface area (Å²) >= 11 is 0. The highest BCUT2D eigenvalue weighted by atomic mass is 14.9. The van der Waals surface area contributed by atoms with E-state index < -0.39 is 0 Å². The average molecular weight is 154 g/mol. The van der Waals surface area contributed by atoms with Gasteiger partial charge in [0.05, 0.1) is 6.34 Å². The Balaban J connectivity index is 3.62. The van der Waals surface area contributed by atoms with Crippen molar-refractivity contribution in [2.24, 2.45) is 10.9 Å². The Labute approximate surface area is 69.4 Å². The molecule has 0 aliphatic rings. The van der Waals surface area contributed by atoms with Crippen LogP contribution in [0.5, 0.6) is 0 Å². The van der Waals surface area contributed by atoms with E-state index in [1.807, 2.05) is 6.92 Å². The lowest BCUT2D eigenvalue weighted by Crippen LogP contribution is -2.07. The molecular formula is C9H18N2. The van der Waals surface area contributed by atoms with Crippen LogP contribution >= 0.6 is 0 Å². The third-order valence-corrected chi connectivity index (χ3v) is 1.32. The molecule has 0 saturated heterocycles. The second-order valence-corrected chi connectivity index (χ2v) is 3.05. The molecule has 64 valence electrons. The van der Waals surface area contributed by atoms with E-state index in [1.165, 1.54) is 5.70 Å². The first kappa shape index (κ1) is 10.2. The Morgan fingerprint density at radius 1 is 1.55 bits per heavy atom. The molecular weight excluding hydrogens is 136 g/mol. The minimum atomic E-state index is 0.727. The van der Waals surface area contributed by atoms with Gasteiger partial charge >= 0.3 is 0 Å². The molecule has 0 bridgehead atoms. The van der Waals surface area contributed by atoms with Gasteiger partial charge in [0.15, 0.2) is 0 Å². The van der Waals surface area contributed by atoms with E-state index in [0.717, 1.165) is 12.3 Å². The van der Waals surface area contributed by atoms with E-state index >= 15 is 0 Å². The molecule has 0 aliphatic carbocycles. The van der Waals surface area contributed by atoms with E-state index in [2.05, 4.69) is 30.2 Å². The molecule has 2 nitrogen and oxygen atoms in total. The fourth-order valence-corrected chi connectivity index (χ4v) is 0.638. The van der Waals surface area contributed by atoms with Crippen molar-refractivity contribution >= 4 is 6.34 Å². The number of nitrogens with zero attached hydrogens (tertiary/aromatic N) is 1. The van der Waals surface area contributed by atoms with E-state index in [4.69, 9.17) is 0 Å². The average Bonchev–Trinajstić information content (AvgIpc) is 1.97. The lowest BCUT2D eigenvalue weighted by atomic mass is 10.1. The fraction of sp³-hybridized carbons (Fsp3) is 0.667. The summed E-state index contributed by atoms with van der Waals surface area (Å²) in [7, 11) is 1.75. The molecule has 0 rings (SSSR count). The summed E-state index contributed by atoms with van der Waals surface area (Å²) in [6, 6.07) is 0. The highest BCUT2D eigenvalue weighted by Crippen LogP contribution is 2.01. The molecule has 0 aromatic rings. The zero-order valence-electron chi connectivity index (χ0n) is 7.89. The van der Waals surface area contributed by atoms with Crippen molar-refractivity contribution in [2.45, 2.75) is 27.2 Å². The van der Waals surface area contributed by atoms with Crippen molar-refractivity contribution in [1.29, 1.82) is 0 Å². The molecule has 0 unspecified atom stereocenters. The smallest absolute Gasteiger partial charge is 0.0861 e. The van der Waals surface area contributed by atoms with Gasteiger partial charge in [0.2, 0.25) is 0 Å². The lowest BCUT2D eigenvalue weighted by molar-refractivity contribution is 0.659. The molecule has 0 saturated carbocycles. The predicted molar refractivity (Wildman–Crippen MR) is 50.8 cm³/mol. The van der Waals surface area contributed by atoms with Crippen molar-refractivity contribution in [3.05, 3.63) is 11.8 Å². The van der Waals surface area contributed by atoms with Gasteiger partial charge in [-0.2, -0.15) is 0 Å². The van der Waals surface area contributed by atoms with Crippen LogP contribution in [0, 0.1) is 5.92 Å². The van der Waals surface area contributed by atoms with Crippen LogP contribution in [0.15, 0.2) is 16.8 Å². The molecule has 0 aromatic heterocycles. The maximum Gasteiger partial charge on any atom is 0.0861 e. The van der Waals surface area contributed by atoms with Gasteiger partial charge in [-0.25, -0.2) is 0 Å². The molecule has 2 heteroatoms. The van der Waals surface area contributed by atoms with Crippen molar-refractivity contribution in [1.82, 2.24) is 5.32 Å². The van der Waals surface area contributed by atoms with Crippen LogP contribution in [-0.2, 0) is 0 Å². The third kappa shape index (κ3) is 7.10. The maximum absolute atomic E-state index is 3.83. The SMILES string of the molecule is CN=CN/C(C)=C\CC(C)C. The first-order valence-corrected chi connectivity index (χ1v) is 4.00. The molecule has 0 heterocycles. The van der Waals surface area contributed by atoms with Crippen molar-refractivity contribution in [3.63, 3.8) is 0 Å². The Morgan fingerprint density at radius 2 is 2.18 bits per heavy atom.